The SMILES string of the molecule is CCc1ccc(C(=O)Nc2ccc(C#N)cc2OC)cc1. The summed E-state index contributed by atoms with van der Waals surface area (Å²) in [6.45, 7) is 2.07. The number of benzene rings is 2. The Hall–Kier alpha value is -2.80. The maximum absolute atomic E-state index is 12.2. The van der Waals surface area contributed by atoms with Crippen LogP contribution in [0.5, 0.6) is 5.75 Å². The van der Waals surface area contributed by atoms with Crippen molar-refractivity contribution in [3.8, 4) is 11.8 Å². The second kappa shape index (κ2) is 6.58. The molecule has 0 saturated carbocycles. The molecule has 0 aliphatic rings. The van der Waals surface area contributed by atoms with Gasteiger partial charge in [-0.25, -0.2) is 0 Å². The molecule has 2 aromatic carbocycles. The van der Waals surface area contributed by atoms with Crippen LogP contribution in [-0.4, -0.2) is 13.0 Å². The third kappa shape index (κ3) is 3.40. The third-order valence-electron chi connectivity index (χ3n) is 3.20. The first-order chi connectivity index (χ1) is 10.2. The Bertz CT molecular complexity index is 685. The summed E-state index contributed by atoms with van der Waals surface area (Å²) in [4.78, 5) is 12.2. The van der Waals surface area contributed by atoms with Crippen LogP contribution in [0.15, 0.2) is 42.5 Å². The summed E-state index contributed by atoms with van der Waals surface area (Å²) in [5.74, 6) is 0.258. The highest BCUT2D eigenvalue weighted by Crippen LogP contribution is 2.25. The zero-order valence-corrected chi connectivity index (χ0v) is 12.0. The molecule has 0 aromatic heterocycles. The van der Waals surface area contributed by atoms with Crippen molar-refractivity contribution in [1.82, 2.24) is 0 Å². The van der Waals surface area contributed by atoms with E-state index in [9.17, 15) is 4.79 Å². The van der Waals surface area contributed by atoms with Crippen LogP contribution in [0.2, 0.25) is 0 Å². The Labute approximate surface area is 124 Å². The van der Waals surface area contributed by atoms with E-state index in [2.05, 4.69) is 12.2 Å². The number of rotatable bonds is 4. The summed E-state index contributed by atoms with van der Waals surface area (Å²) in [6.07, 6.45) is 0.936. The Morgan fingerprint density at radius 2 is 1.95 bits per heavy atom. The van der Waals surface area contributed by atoms with E-state index in [1.165, 1.54) is 12.7 Å². The number of nitriles is 1. The van der Waals surface area contributed by atoms with Crippen molar-refractivity contribution in [2.45, 2.75) is 13.3 Å². The number of amides is 1. The molecular weight excluding hydrogens is 264 g/mol. The van der Waals surface area contributed by atoms with Gasteiger partial charge in [0.25, 0.3) is 5.91 Å². The van der Waals surface area contributed by atoms with Crippen LogP contribution in [0.1, 0.15) is 28.4 Å². The van der Waals surface area contributed by atoms with Crippen molar-refractivity contribution >= 4 is 11.6 Å². The number of aryl methyl sites for hydroxylation is 1. The van der Waals surface area contributed by atoms with Gasteiger partial charge in [0, 0.05) is 11.6 Å². The highest BCUT2D eigenvalue weighted by atomic mass is 16.5. The fourth-order valence-corrected chi connectivity index (χ4v) is 1.95. The Morgan fingerprint density at radius 3 is 2.52 bits per heavy atom. The van der Waals surface area contributed by atoms with Crippen LogP contribution >= 0.6 is 0 Å². The molecule has 0 spiro atoms. The number of hydrogen-bond donors (Lipinski definition) is 1. The first-order valence-corrected chi connectivity index (χ1v) is 6.66. The van der Waals surface area contributed by atoms with Crippen LogP contribution in [0.25, 0.3) is 0 Å². The standard InChI is InChI=1S/C17H16N2O2/c1-3-12-4-7-14(8-5-12)17(20)19-15-9-6-13(11-18)10-16(15)21-2/h4-10H,3H2,1-2H3,(H,19,20). The minimum absolute atomic E-state index is 0.208. The van der Waals surface area contributed by atoms with Crippen molar-refractivity contribution in [2.24, 2.45) is 0 Å². The Morgan fingerprint density at radius 1 is 1.24 bits per heavy atom. The molecule has 2 aromatic rings. The van der Waals surface area contributed by atoms with Crippen molar-refractivity contribution in [1.29, 1.82) is 5.26 Å². The summed E-state index contributed by atoms with van der Waals surface area (Å²) in [5, 5.41) is 11.7. The maximum atomic E-state index is 12.2. The molecule has 0 radical (unpaired) electrons. The highest BCUT2D eigenvalue weighted by molar-refractivity contribution is 6.05. The Balaban J connectivity index is 2.20. The molecule has 21 heavy (non-hydrogen) atoms. The zero-order chi connectivity index (χ0) is 15.2. The van der Waals surface area contributed by atoms with Gasteiger partial charge in [0.15, 0.2) is 0 Å². The molecule has 0 aliphatic carbocycles. The van der Waals surface area contributed by atoms with Crippen LogP contribution in [0, 0.1) is 11.3 Å². The molecule has 4 nitrogen and oxygen atoms in total. The number of anilines is 1. The van der Waals surface area contributed by atoms with Gasteiger partial charge in [0.2, 0.25) is 0 Å². The molecule has 0 fully saturated rings. The third-order valence-corrected chi connectivity index (χ3v) is 3.20. The van der Waals surface area contributed by atoms with Gasteiger partial charge in [-0.3, -0.25) is 4.79 Å². The number of ether oxygens (including phenoxy) is 1. The van der Waals surface area contributed by atoms with E-state index in [0.717, 1.165) is 6.42 Å². The van der Waals surface area contributed by atoms with E-state index < -0.39 is 0 Å². The van der Waals surface area contributed by atoms with Crippen molar-refractivity contribution in [2.75, 3.05) is 12.4 Å². The highest BCUT2D eigenvalue weighted by Gasteiger charge is 2.10. The lowest BCUT2D eigenvalue weighted by molar-refractivity contribution is 0.102. The van der Waals surface area contributed by atoms with E-state index in [-0.39, 0.29) is 5.91 Å². The fourth-order valence-electron chi connectivity index (χ4n) is 1.95. The molecule has 0 bridgehead atoms. The quantitative estimate of drug-likeness (QED) is 0.933. The van der Waals surface area contributed by atoms with E-state index in [0.29, 0.717) is 22.6 Å². The molecule has 106 valence electrons. The molecule has 1 N–H and O–H groups in total. The minimum atomic E-state index is -0.208. The number of nitrogens with zero attached hydrogens (tertiary/aromatic N) is 1. The molecule has 0 heterocycles. The molecular formula is C17H16N2O2. The van der Waals surface area contributed by atoms with E-state index in [1.54, 1.807) is 30.3 Å². The molecule has 0 aliphatic heterocycles. The van der Waals surface area contributed by atoms with Gasteiger partial charge in [0.05, 0.1) is 24.4 Å². The van der Waals surface area contributed by atoms with Gasteiger partial charge in [-0.1, -0.05) is 19.1 Å². The smallest absolute Gasteiger partial charge is 0.255 e. The molecule has 0 saturated heterocycles. The lowest BCUT2D eigenvalue weighted by Gasteiger charge is -2.10. The van der Waals surface area contributed by atoms with Gasteiger partial charge in [-0.05, 0) is 36.2 Å². The van der Waals surface area contributed by atoms with E-state index >= 15 is 0 Å². The monoisotopic (exact) mass is 280 g/mol. The number of carbonyl (C=O) groups is 1. The van der Waals surface area contributed by atoms with Gasteiger partial charge in [0.1, 0.15) is 5.75 Å². The molecule has 1 amide bonds. The summed E-state index contributed by atoms with van der Waals surface area (Å²) in [6, 6.07) is 14.4. The lowest BCUT2D eigenvalue weighted by Crippen LogP contribution is -2.12. The van der Waals surface area contributed by atoms with Crippen LogP contribution in [-0.2, 0) is 6.42 Å². The van der Waals surface area contributed by atoms with E-state index in [4.69, 9.17) is 10.00 Å². The first-order valence-electron chi connectivity index (χ1n) is 6.66. The molecule has 0 atom stereocenters. The maximum Gasteiger partial charge on any atom is 0.255 e. The predicted octanol–water partition coefficient (Wildman–Crippen LogP) is 3.38. The number of hydrogen-bond acceptors (Lipinski definition) is 3. The van der Waals surface area contributed by atoms with Crippen LogP contribution in [0.3, 0.4) is 0 Å². The van der Waals surface area contributed by atoms with Crippen molar-refractivity contribution in [3.05, 3.63) is 59.2 Å². The molecule has 4 heteroatoms. The summed E-state index contributed by atoms with van der Waals surface area (Å²) >= 11 is 0. The zero-order valence-electron chi connectivity index (χ0n) is 12.0. The predicted molar refractivity (Wildman–Crippen MR) is 81.5 cm³/mol. The van der Waals surface area contributed by atoms with Crippen molar-refractivity contribution < 1.29 is 9.53 Å². The fraction of sp³-hybridized carbons (Fsp3) is 0.176. The summed E-state index contributed by atoms with van der Waals surface area (Å²) < 4.78 is 5.20. The minimum Gasteiger partial charge on any atom is -0.495 e. The van der Waals surface area contributed by atoms with Gasteiger partial charge in [-0.2, -0.15) is 5.26 Å². The second-order valence-electron chi connectivity index (χ2n) is 4.53. The van der Waals surface area contributed by atoms with Crippen LogP contribution < -0.4 is 10.1 Å². The topological polar surface area (TPSA) is 62.1 Å². The number of methoxy groups -OCH3 is 1. The number of carbonyl (C=O) groups excluding carboxylic acids is 1. The van der Waals surface area contributed by atoms with Gasteiger partial charge >= 0.3 is 0 Å². The van der Waals surface area contributed by atoms with Crippen molar-refractivity contribution in [3.63, 3.8) is 0 Å². The normalized spacial score (nSPS) is 9.76. The second-order valence-corrected chi connectivity index (χ2v) is 4.53. The molecule has 2 rings (SSSR count). The molecule has 0 unspecified atom stereocenters. The summed E-state index contributed by atoms with van der Waals surface area (Å²) in [7, 11) is 1.50. The van der Waals surface area contributed by atoms with Crippen LogP contribution in [0.4, 0.5) is 5.69 Å². The largest absolute Gasteiger partial charge is 0.495 e. The Kier molecular flexibility index (Phi) is 4.57. The summed E-state index contributed by atoms with van der Waals surface area (Å²) in [5.41, 5.74) is 2.79. The van der Waals surface area contributed by atoms with E-state index in [1.807, 2.05) is 18.2 Å². The average Bonchev–Trinajstić information content (AvgIpc) is 2.55. The van der Waals surface area contributed by atoms with Gasteiger partial charge < -0.3 is 10.1 Å². The van der Waals surface area contributed by atoms with Gasteiger partial charge in [-0.15, -0.1) is 0 Å². The number of nitrogens with one attached hydrogen (secondary N) is 1. The first kappa shape index (κ1) is 14.6. The average molecular weight is 280 g/mol. The lowest BCUT2D eigenvalue weighted by atomic mass is 10.1.